The molecule has 8 heteroatoms. The molecule has 0 unspecified atom stereocenters. The highest BCUT2D eigenvalue weighted by Gasteiger charge is 2.38. The van der Waals surface area contributed by atoms with E-state index in [1.165, 1.54) is 18.2 Å². The third-order valence-electron chi connectivity index (χ3n) is 3.21. The van der Waals surface area contributed by atoms with Gasteiger partial charge in [0, 0.05) is 0 Å². The summed E-state index contributed by atoms with van der Waals surface area (Å²) in [4.78, 5) is 12.4. The van der Waals surface area contributed by atoms with Crippen molar-refractivity contribution in [3.63, 3.8) is 0 Å². The van der Waals surface area contributed by atoms with Crippen LogP contribution in [0.3, 0.4) is 0 Å². The third kappa shape index (κ3) is 2.81. The molecule has 1 aliphatic rings. The van der Waals surface area contributed by atoms with Gasteiger partial charge in [0.15, 0.2) is 0 Å². The molecule has 0 aromatic heterocycles. The van der Waals surface area contributed by atoms with Crippen molar-refractivity contribution in [2.45, 2.75) is 6.36 Å². The van der Waals surface area contributed by atoms with Crippen molar-refractivity contribution < 1.29 is 27.4 Å². The molecule has 23 heavy (non-hydrogen) atoms. The zero-order chi connectivity index (χ0) is 16.8. The summed E-state index contributed by atoms with van der Waals surface area (Å²) >= 11 is 3.21. The van der Waals surface area contributed by atoms with Crippen molar-refractivity contribution in [2.24, 2.45) is 0 Å². The molecule has 0 saturated heterocycles. The number of hydrogen-bond acceptors (Lipinski definition) is 3. The monoisotopic (exact) mass is 385 g/mol. The van der Waals surface area contributed by atoms with Crippen LogP contribution in [-0.4, -0.2) is 22.6 Å². The fourth-order valence-electron chi connectivity index (χ4n) is 2.30. The third-order valence-corrected chi connectivity index (χ3v) is 3.85. The van der Waals surface area contributed by atoms with Crippen LogP contribution in [0.2, 0.25) is 0 Å². The van der Waals surface area contributed by atoms with Crippen molar-refractivity contribution in [2.75, 3.05) is 0 Å². The van der Waals surface area contributed by atoms with Gasteiger partial charge in [0.2, 0.25) is 5.69 Å². The number of carbonyl (C=O) groups excluding carboxylic acids is 1. The van der Waals surface area contributed by atoms with E-state index < -0.39 is 17.9 Å². The zero-order valence-corrected chi connectivity index (χ0v) is 12.8. The van der Waals surface area contributed by atoms with Crippen LogP contribution in [0.5, 0.6) is 5.75 Å². The van der Waals surface area contributed by atoms with Crippen LogP contribution in [0.4, 0.5) is 18.9 Å². The summed E-state index contributed by atoms with van der Waals surface area (Å²) in [5.74, 6) is -0.913. The van der Waals surface area contributed by atoms with Crippen molar-refractivity contribution in [1.29, 1.82) is 0 Å². The molecule has 0 N–H and O–H groups in total. The molecule has 0 bridgehead atoms. The van der Waals surface area contributed by atoms with Gasteiger partial charge < -0.3 is 9.94 Å². The van der Waals surface area contributed by atoms with E-state index in [2.05, 4.69) is 20.7 Å². The van der Waals surface area contributed by atoms with E-state index in [-0.39, 0.29) is 22.5 Å². The normalized spacial score (nSPS) is 14.2. The molecule has 1 heterocycles. The average Bonchev–Trinajstić information content (AvgIpc) is 2.72. The van der Waals surface area contributed by atoms with E-state index >= 15 is 0 Å². The quantitative estimate of drug-likeness (QED) is 0.575. The maximum Gasteiger partial charge on any atom is 0.573 e. The van der Waals surface area contributed by atoms with E-state index in [1.807, 2.05) is 0 Å². The molecule has 3 rings (SSSR count). The van der Waals surface area contributed by atoms with Gasteiger partial charge in [0.05, 0.1) is 10.0 Å². The van der Waals surface area contributed by atoms with E-state index in [0.29, 0.717) is 9.21 Å². The Hall–Kier alpha value is -2.35. The predicted molar refractivity (Wildman–Crippen MR) is 79.0 cm³/mol. The van der Waals surface area contributed by atoms with Gasteiger partial charge in [0.25, 0.3) is 11.5 Å². The summed E-state index contributed by atoms with van der Waals surface area (Å²) < 4.78 is 41.1. The number of ketones is 1. The van der Waals surface area contributed by atoms with Crippen LogP contribution in [-0.2, 0) is 0 Å². The first-order chi connectivity index (χ1) is 10.8. The van der Waals surface area contributed by atoms with Crippen molar-refractivity contribution in [1.82, 2.24) is 0 Å². The molecule has 0 atom stereocenters. The second-order valence-electron chi connectivity index (χ2n) is 4.68. The van der Waals surface area contributed by atoms with Crippen LogP contribution in [0.15, 0.2) is 46.9 Å². The second kappa shape index (κ2) is 5.38. The van der Waals surface area contributed by atoms with Crippen LogP contribution < -0.4 is 4.74 Å². The Morgan fingerprint density at radius 1 is 1.09 bits per heavy atom. The van der Waals surface area contributed by atoms with Crippen molar-refractivity contribution in [3.8, 4) is 5.75 Å². The lowest BCUT2D eigenvalue weighted by atomic mass is 10.0. The molecule has 0 aliphatic carbocycles. The number of hydrogen-bond donors (Lipinski definition) is 0. The molecule has 0 amide bonds. The Balaban J connectivity index is 2.00. The summed E-state index contributed by atoms with van der Waals surface area (Å²) in [6.07, 6.45) is -4.80. The molecule has 2 aromatic rings. The van der Waals surface area contributed by atoms with E-state index in [0.717, 1.165) is 12.1 Å². The average molecular weight is 386 g/mol. The fourth-order valence-corrected chi connectivity index (χ4v) is 2.83. The molecule has 0 saturated carbocycles. The number of benzene rings is 2. The van der Waals surface area contributed by atoms with Gasteiger partial charge in [-0.3, -0.25) is 4.79 Å². The van der Waals surface area contributed by atoms with Gasteiger partial charge in [-0.1, -0.05) is 6.07 Å². The lowest BCUT2D eigenvalue weighted by Crippen LogP contribution is -2.18. The lowest BCUT2D eigenvalue weighted by Gasteiger charge is -2.09. The molecule has 2 aromatic carbocycles. The Bertz CT molecular complexity index is 829. The smallest absolute Gasteiger partial charge is 0.573 e. The van der Waals surface area contributed by atoms with Gasteiger partial charge >= 0.3 is 6.36 Å². The van der Waals surface area contributed by atoms with Gasteiger partial charge in [-0.25, -0.2) is 0 Å². The number of ether oxygens (including phenoxy) is 1. The number of halogens is 4. The largest absolute Gasteiger partial charge is 0.618 e. The number of para-hydroxylation sites is 1. The van der Waals surface area contributed by atoms with Crippen LogP contribution >= 0.6 is 15.9 Å². The van der Waals surface area contributed by atoms with Crippen molar-refractivity contribution >= 4 is 33.1 Å². The molecule has 1 aliphatic heterocycles. The van der Waals surface area contributed by atoms with E-state index in [9.17, 15) is 23.2 Å². The Morgan fingerprint density at radius 2 is 1.74 bits per heavy atom. The van der Waals surface area contributed by atoms with Gasteiger partial charge in [-0.2, -0.15) is 4.74 Å². The minimum atomic E-state index is -4.80. The highest BCUT2D eigenvalue weighted by atomic mass is 79.9. The summed E-state index contributed by atoms with van der Waals surface area (Å²) in [6, 6.07) is 9.33. The SMILES string of the molecule is O=C1C(c2ccc(OC(F)(F)F)cc2)=[N+]([O-])c2c(Br)cccc21. The summed E-state index contributed by atoms with van der Waals surface area (Å²) in [5.41, 5.74) is 0.483. The standard InChI is InChI=1S/C15H7BrF3NO3/c16-11-3-1-2-10-13(11)20(22)12(14(10)21)8-4-6-9(7-5-8)23-15(17,18)19/h1-7H. The number of Topliss-reactive ketones (excluding diaryl/α,β-unsaturated/α-hetero) is 1. The van der Waals surface area contributed by atoms with Crippen LogP contribution in [0.1, 0.15) is 15.9 Å². The highest BCUT2D eigenvalue weighted by molar-refractivity contribution is 9.10. The highest BCUT2D eigenvalue weighted by Crippen LogP contribution is 2.35. The summed E-state index contributed by atoms with van der Waals surface area (Å²) in [5, 5.41) is 12.4. The maximum atomic E-state index is 12.4. The van der Waals surface area contributed by atoms with E-state index in [1.54, 1.807) is 12.1 Å². The molecular weight excluding hydrogens is 379 g/mol. The molecule has 118 valence electrons. The maximum absolute atomic E-state index is 12.4. The Labute approximate surface area is 136 Å². The second-order valence-corrected chi connectivity index (χ2v) is 5.53. The molecule has 0 radical (unpaired) electrons. The van der Waals surface area contributed by atoms with Crippen molar-refractivity contribution in [3.05, 3.63) is 63.3 Å². The fraction of sp³-hybridized carbons (Fsp3) is 0.0667. The lowest BCUT2D eigenvalue weighted by molar-refractivity contribution is -0.356. The van der Waals surface area contributed by atoms with Gasteiger partial charge in [0.1, 0.15) is 11.3 Å². The molecule has 0 spiro atoms. The van der Waals surface area contributed by atoms with Gasteiger partial charge in [-0.15, -0.1) is 13.2 Å². The number of fused-ring (bicyclic) bond motifs is 1. The van der Waals surface area contributed by atoms with Gasteiger partial charge in [-0.05, 0) is 52.3 Å². The predicted octanol–water partition coefficient (Wildman–Crippen LogP) is 4.18. The minimum Gasteiger partial charge on any atom is -0.618 e. The number of rotatable bonds is 2. The first-order valence-electron chi connectivity index (χ1n) is 6.31. The first-order valence-corrected chi connectivity index (χ1v) is 7.11. The minimum absolute atomic E-state index is 0.148. The first kappa shape index (κ1) is 15.5. The molecule has 0 fully saturated rings. The van der Waals surface area contributed by atoms with E-state index in [4.69, 9.17) is 0 Å². The zero-order valence-electron chi connectivity index (χ0n) is 11.2. The Kier molecular flexibility index (Phi) is 3.63. The summed E-state index contributed by atoms with van der Waals surface area (Å²) in [7, 11) is 0. The molecular formula is C15H7BrF3NO3. The number of alkyl halides is 3. The number of carbonyl (C=O) groups is 1. The van der Waals surface area contributed by atoms with Crippen LogP contribution in [0, 0.1) is 5.21 Å². The molecule has 4 nitrogen and oxygen atoms in total. The number of nitrogens with zero attached hydrogens (tertiary/aromatic N) is 1. The summed E-state index contributed by atoms with van der Waals surface area (Å²) in [6.45, 7) is 0. The van der Waals surface area contributed by atoms with Crippen LogP contribution in [0.25, 0.3) is 0 Å². The Morgan fingerprint density at radius 3 is 2.30 bits per heavy atom. The topological polar surface area (TPSA) is 52.4 Å².